The highest BCUT2D eigenvalue weighted by Crippen LogP contribution is 2.34. The first-order valence-corrected chi connectivity index (χ1v) is 8.86. The van der Waals surface area contributed by atoms with E-state index in [-0.39, 0.29) is 6.04 Å². The minimum atomic E-state index is 0.0700. The first-order chi connectivity index (χ1) is 10.1. The predicted octanol–water partition coefficient (Wildman–Crippen LogP) is 5.41. The summed E-state index contributed by atoms with van der Waals surface area (Å²) in [7, 11) is 1.95. The summed E-state index contributed by atoms with van der Waals surface area (Å²) >= 11 is 12.1. The Morgan fingerprint density at radius 3 is 2.62 bits per heavy atom. The average molecular weight is 481 g/mol. The van der Waals surface area contributed by atoms with Crippen molar-refractivity contribution in [1.29, 1.82) is 0 Å². The minimum Gasteiger partial charge on any atom is -0.494 e. The molecule has 2 aromatic carbocycles. The van der Waals surface area contributed by atoms with E-state index in [1.54, 1.807) is 0 Å². The van der Waals surface area contributed by atoms with Gasteiger partial charge in [-0.2, -0.15) is 0 Å². The van der Waals surface area contributed by atoms with Crippen molar-refractivity contribution in [3.8, 4) is 5.75 Å². The van der Waals surface area contributed by atoms with E-state index in [0.29, 0.717) is 6.61 Å². The standard InChI is InChI=1S/C16H16BrClINO/c1-3-21-11-5-6-12(14(17)9-11)16(20-2)13-8-10(18)4-7-15(13)19/h4-9,16,20H,3H2,1-2H3. The highest BCUT2D eigenvalue weighted by molar-refractivity contribution is 14.1. The van der Waals surface area contributed by atoms with E-state index in [1.807, 2.05) is 44.3 Å². The van der Waals surface area contributed by atoms with Crippen LogP contribution in [0.25, 0.3) is 0 Å². The average Bonchev–Trinajstić information content (AvgIpc) is 2.46. The molecule has 0 bridgehead atoms. The van der Waals surface area contributed by atoms with Crippen molar-refractivity contribution in [3.63, 3.8) is 0 Å². The van der Waals surface area contributed by atoms with E-state index < -0.39 is 0 Å². The van der Waals surface area contributed by atoms with Gasteiger partial charge in [0.25, 0.3) is 0 Å². The molecule has 0 aromatic heterocycles. The Kier molecular flexibility index (Phi) is 6.34. The van der Waals surface area contributed by atoms with Gasteiger partial charge in [0.1, 0.15) is 5.75 Å². The number of hydrogen-bond acceptors (Lipinski definition) is 2. The molecule has 21 heavy (non-hydrogen) atoms. The molecule has 2 nitrogen and oxygen atoms in total. The zero-order valence-corrected chi connectivity index (χ0v) is 16.3. The molecule has 2 aromatic rings. The van der Waals surface area contributed by atoms with Crippen molar-refractivity contribution in [2.24, 2.45) is 0 Å². The number of ether oxygens (including phenoxy) is 1. The summed E-state index contributed by atoms with van der Waals surface area (Å²) in [4.78, 5) is 0. The Bertz CT molecular complexity index is 636. The minimum absolute atomic E-state index is 0.0700. The van der Waals surface area contributed by atoms with Gasteiger partial charge in [-0.25, -0.2) is 0 Å². The number of halogens is 3. The second-order valence-electron chi connectivity index (χ2n) is 4.50. The Balaban J connectivity index is 2.44. The molecule has 0 saturated heterocycles. The largest absolute Gasteiger partial charge is 0.494 e. The van der Waals surface area contributed by atoms with Crippen LogP contribution in [0.1, 0.15) is 24.1 Å². The van der Waals surface area contributed by atoms with Crippen LogP contribution in [0.5, 0.6) is 5.75 Å². The Labute approximate surface area is 152 Å². The first kappa shape index (κ1) is 17.1. The van der Waals surface area contributed by atoms with Gasteiger partial charge in [-0.1, -0.05) is 33.6 Å². The zero-order valence-electron chi connectivity index (χ0n) is 11.8. The molecule has 0 spiro atoms. The molecule has 2 rings (SSSR count). The fraction of sp³-hybridized carbons (Fsp3) is 0.250. The monoisotopic (exact) mass is 479 g/mol. The van der Waals surface area contributed by atoms with Crippen LogP contribution in [0.4, 0.5) is 0 Å². The predicted molar refractivity (Wildman–Crippen MR) is 100 cm³/mol. The molecule has 1 atom stereocenters. The van der Waals surface area contributed by atoms with Gasteiger partial charge in [0, 0.05) is 13.1 Å². The third kappa shape index (κ3) is 4.12. The number of benzene rings is 2. The summed E-state index contributed by atoms with van der Waals surface area (Å²) in [6, 6.07) is 12.1. The Morgan fingerprint density at radius 2 is 2.00 bits per heavy atom. The molecule has 0 amide bonds. The molecule has 0 saturated carbocycles. The quantitative estimate of drug-likeness (QED) is 0.578. The summed E-state index contributed by atoms with van der Waals surface area (Å²) in [5.41, 5.74) is 2.32. The van der Waals surface area contributed by atoms with Crippen molar-refractivity contribution in [1.82, 2.24) is 5.32 Å². The molecule has 0 aliphatic carbocycles. The second-order valence-corrected chi connectivity index (χ2v) is 6.96. The van der Waals surface area contributed by atoms with E-state index >= 15 is 0 Å². The van der Waals surface area contributed by atoms with Crippen molar-refractivity contribution in [3.05, 3.63) is 60.6 Å². The summed E-state index contributed by atoms with van der Waals surface area (Å²) in [5, 5.41) is 4.10. The summed E-state index contributed by atoms with van der Waals surface area (Å²) in [5.74, 6) is 0.865. The molecule has 0 heterocycles. The number of hydrogen-bond donors (Lipinski definition) is 1. The molecule has 5 heteroatoms. The van der Waals surface area contributed by atoms with E-state index in [0.717, 1.165) is 26.4 Å². The Hall–Kier alpha value is -0.300. The molecule has 112 valence electrons. The van der Waals surface area contributed by atoms with Crippen LogP contribution >= 0.6 is 50.1 Å². The second kappa shape index (κ2) is 7.81. The fourth-order valence-electron chi connectivity index (χ4n) is 2.21. The zero-order chi connectivity index (χ0) is 15.4. The number of nitrogens with one attached hydrogen (secondary N) is 1. The fourth-order valence-corrected chi connectivity index (χ4v) is 3.63. The van der Waals surface area contributed by atoms with Gasteiger partial charge in [0.05, 0.1) is 12.6 Å². The van der Waals surface area contributed by atoms with Gasteiger partial charge in [-0.15, -0.1) is 0 Å². The SMILES string of the molecule is CCOc1ccc(C(NC)c2cc(Cl)ccc2I)c(Br)c1. The molecule has 1 N–H and O–H groups in total. The molecular formula is C16H16BrClINO. The van der Waals surface area contributed by atoms with Crippen LogP contribution in [0.15, 0.2) is 40.9 Å². The third-order valence-corrected chi connectivity index (χ3v) is 5.06. The van der Waals surface area contributed by atoms with Crippen molar-refractivity contribution >= 4 is 50.1 Å². The maximum atomic E-state index is 6.15. The molecule has 0 fully saturated rings. The van der Waals surface area contributed by atoms with Gasteiger partial charge in [0.2, 0.25) is 0 Å². The van der Waals surface area contributed by atoms with E-state index in [1.165, 1.54) is 3.57 Å². The third-order valence-electron chi connectivity index (χ3n) is 3.15. The van der Waals surface area contributed by atoms with Crippen LogP contribution in [0.3, 0.4) is 0 Å². The molecule has 0 aliphatic rings. The lowest BCUT2D eigenvalue weighted by Crippen LogP contribution is -2.19. The van der Waals surface area contributed by atoms with Crippen LogP contribution in [0, 0.1) is 3.57 Å². The van der Waals surface area contributed by atoms with Gasteiger partial charge in [0.15, 0.2) is 0 Å². The molecule has 0 aliphatic heterocycles. The maximum absolute atomic E-state index is 6.15. The van der Waals surface area contributed by atoms with Gasteiger partial charge >= 0.3 is 0 Å². The summed E-state index contributed by atoms with van der Waals surface area (Å²) < 4.78 is 7.73. The van der Waals surface area contributed by atoms with Crippen molar-refractivity contribution in [2.45, 2.75) is 13.0 Å². The van der Waals surface area contributed by atoms with E-state index in [9.17, 15) is 0 Å². The molecule has 0 radical (unpaired) electrons. The Morgan fingerprint density at radius 1 is 1.24 bits per heavy atom. The topological polar surface area (TPSA) is 21.3 Å². The van der Waals surface area contributed by atoms with Gasteiger partial charge < -0.3 is 10.1 Å². The highest BCUT2D eigenvalue weighted by atomic mass is 127. The summed E-state index contributed by atoms with van der Waals surface area (Å²) in [6.07, 6.45) is 0. The van der Waals surface area contributed by atoms with Crippen LogP contribution in [-0.2, 0) is 0 Å². The lowest BCUT2D eigenvalue weighted by atomic mass is 9.99. The molecular weight excluding hydrogens is 464 g/mol. The van der Waals surface area contributed by atoms with Gasteiger partial charge in [-0.05, 0) is 78.0 Å². The summed E-state index contributed by atoms with van der Waals surface area (Å²) in [6.45, 7) is 2.64. The smallest absolute Gasteiger partial charge is 0.120 e. The van der Waals surface area contributed by atoms with Crippen molar-refractivity contribution in [2.75, 3.05) is 13.7 Å². The van der Waals surface area contributed by atoms with Crippen LogP contribution < -0.4 is 10.1 Å². The van der Waals surface area contributed by atoms with Crippen molar-refractivity contribution < 1.29 is 4.74 Å². The van der Waals surface area contributed by atoms with Crippen LogP contribution in [-0.4, -0.2) is 13.7 Å². The highest BCUT2D eigenvalue weighted by Gasteiger charge is 2.18. The van der Waals surface area contributed by atoms with E-state index in [2.05, 4.69) is 49.9 Å². The number of rotatable bonds is 5. The lowest BCUT2D eigenvalue weighted by molar-refractivity contribution is 0.340. The maximum Gasteiger partial charge on any atom is 0.120 e. The lowest BCUT2D eigenvalue weighted by Gasteiger charge is -2.21. The van der Waals surface area contributed by atoms with Crippen LogP contribution in [0.2, 0.25) is 5.02 Å². The first-order valence-electron chi connectivity index (χ1n) is 6.61. The van der Waals surface area contributed by atoms with E-state index in [4.69, 9.17) is 16.3 Å². The van der Waals surface area contributed by atoms with Gasteiger partial charge in [-0.3, -0.25) is 0 Å². The normalized spacial score (nSPS) is 12.2. The molecule has 1 unspecified atom stereocenters.